The quantitative estimate of drug-likeness (QED) is 0.433. The third-order valence-electron chi connectivity index (χ3n) is 7.37. The Balaban J connectivity index is 1.35. The second-order valence-corrected chi connectivity index (χ2v) is 9.33. The average molecular weight is 475 g/mol. The van der Waals surface area contributed by atoms with Gasteiger partial charge in [0.15, 0.2) is 0 Å². The molecular formula is C24H34N4O6. The van der Waals surface area contributed by atoms with Crippen LogP contribution in [0.2, 0.25) is 0 Å². The maximum atomic E-state index is 13.3. The molecule has 1 aliphatic carbocycles. The molecule has 4 atom stereocenters. The second-order valence-electron chi connectivity index (χ2n) is 9.33. The van der Waals surface area contributed by atoms with E-state index in [9.17, 15) is 24.7 Å². The van der Waals surface area contributed by atoms with Crippen molar-refractivity contribution < 1.29 is 29.4 Å². The summed E-state index contributed by atoms with van der Waals surface area (Å²) in [6, 6.07) is 9.81. The molecule has 2 aliphatic heterocycles. The van der Waals surface area contributed by atoms with Crippen molar-refractivity contribution in [2.45, 2.75) is 44.2 Å². The van der Waals surface area contributed by atoms with Crippen molar-refractivity contribution in [1.29, 1.82) is 0 Å². The number of ether oxygens (including phenoxy) is 1. The van der Waals surface area contributed by atoms with E-state index in [0.29, 0.717) is 45.6 Å². The first-order chi connectivity index (χ1) is 16.5. The lowest BCUT2D eigenvalue weighted by Crippen LogP contribution is -2.53. The molecule has 1 saturated carbocycles. The predicted octanol–water partition coefficient (Wildman–Crippen LogP) is 1.22. The van der Waals surface area contributed by atoms with Crippen LogP contribution in [-0.2, 0) is 14.3 Å². The third kappa shape index (κ3) is 5.28. The number of amides is 3. The Morgan fingerprint density at radius 2 is 1.71 bits per heavy atom. The fourth-order valence-electron chi connectivity index (χ4n) is 5.44. The summed E-state index contributed by atoms with van der Waals surface area (Å²) in [5.74, 6) is -2.06. The smallest absolute Gasteiger partial charge is 0.410 e. The van der Waals surface area contributed by atoms with E-state index in [1.54, 1.807) is 10.4 Å². The van der Waals surface area contributed by atoms with Crippen LogP contribution in [0.25, 0.3) is 0 Å². The molecule has 3 fully saturated rings. The Hall–Kier alpha value is -2.85. The van der Waals surface area contributed by atoms with Crippen LogP contribution < -0.4 is 10.4 Å². The van der Waals surface area contributed by atoms with Crippen LogP contribution in [0, 0.1) is 11.8 Å². The maximum absolute atomic E-state index is 13.3. The van der Waals surface area contributed by atoms with Crippen LogP contribution in [0.5, 0.6) is 0 Å². The van der Waals surface area contributed by atoms with Crippen molar-refractivity contribution in [1.82, 2.24) is 15.3 Å². The third-order valence-corrected chi connectivity index (χ3v) is 7.37. The molecule has 1 aromatic rings. The van der Waals surface area contributed by atoms with Gasteiger partial charge in [0.2, 0.25) is 11.8 Å². The first kappa shape index (κ1) is 24.3. The van der Waals surface area contributed by atoms with Gasteiger partial charge in [0.25, 0.3) is 0 Å². The van der Waals surface area contributed by atoms with Crippen LogP contribution in [0.4, 0.5) is 10.5 Å². The molecule has 34 heavy (non-hydrogen) atoms. The Labute approximate surface area is 199 Å². The zero-order valence-corrected chi connectivity index (χ0v) is 19.3. The van der Waals surface area contributed by atoms with Crippen molar-refractivity contribution in [2.24, 2.45) is 11.8 Å². The Bertz CT molecular complexity index is 860. The molecule has 1 aromatic carbocycles. The van der Waals surface area contributed by atoms with Crippen molar-refractivity contribution in [3.63, 3.8) is 0 Å². The highest BCUT2D eigenvalue weighted by atomic mass is 16.6. The summed E-state index contributed by atoms with van der Waals surface area (Å²) in [4.78, 5) is 44.0. The van der Waals surface area contributed by atoms with E-state index in [1.165, 1.54) is 4.90 Å². The zero-order chi connectivity index (χ0) is 24.1. The van der Waals surface area contributed by atoms with Gasteiger partial charge in [-0.15, -0.1) is 0 Å². The minimum Gasteiger partial charge on any atom is -0.446 e. The molecule has 0 aromatic heterocycles. The molecule has 0 spiro atoms. The van der Waals surface area contributed by atoms with Crippen LogP contribution in [-0.4, -0.2) is 89.5 Å². The van der Waals surface area contributed by atoms with Crippen molar-refractivity contribution >= 4 is 23.6 Å². The number of benzene rings is 1. The van der Waals surface area contributed by atoms with E-state index in [2.05, 4.69) is 4.90 Å². The van der Waals surface area contributed by atoms with Gasteiger partial charge in [-0.05, 0) is 44.2 Å². The average Bonchev–Trinajstić information content (AvgIpc) is 3.38. The number of likely N-dealkylation sites (tertiary alicyclic amines) is 1. The van der Waals surface area contributed by atoms with Gasteiger partial charge >= 0.3 is 6.09 Å². The van der Waals surface area contributed by atoms with Gasteiger partial charge in [0.05, 0.1) is 24.5 Å². The Kier molecular flexibility index (Phi) is 7.89. The number of piperazine rings is 1. The first-order valence-corrected chi connectivity index (χ1v) is 12.1. The lowest BCUT2D eigenvalue weighted by atomic mass is 9.76. The molecular weight excluding hydrogens is 440 g/mol. The van der Waals surface area contributed by atoms with Crippen molar-refractivity contribution in [2.75, 3.05) is 44.2 Å². The predicted molar refractivity (Wildman–Crippen MR) is 123 cm³/mol. The van der Waals surface area contributed by atoms with Gasteiger partial charge in [0.1, 0.15) is 6.10 Å². The molecule has 2 heterocycles. The molecule has 186 valence electrons. The Morgan fingerprint density at radius 3 is 2.38 bits per heavy atom. The highest BCUT2D eigenvalue weighted by molar-refractivity contribution is 5.87. The molecule has 0 bridgehead atoms. The number of aliphatic hydroxyl groups excluding tert-OH is 1. The number of nitrogens with zero attached hydrogens (tertiary/aromatic N) is 3. The molecule has 3 amide bonds. The summed E-state index contributed by atoms with van der Waals surface area (Å²) in [5, 5.41) is 18.8. The number of rotatable bonds is 5. The topological polar surface area (TPSA) is 123 Å². The van der Waals surface area contributed by atoms with E-state index in [0.717, 1.165) is 18.5 Å². The fraction of sp³-hybridized carbons (Fsp3) is 0.625. The number of anilines is 1. The normalized spacial score (nSPS) is 27.4. The number of carbonyl (C=O) groups is 3. The van der Waals surface area contributed by atoms with Gasteiger partial charge in [-0.3, -0.25) is 14.8 Å². The summed E-state index contributed by atoms with van der Waals surface area (Å²) in [6.07, 6.45) is 1.58. The molecule has 10 nitrogen and oxygen atoms in total. The van der Waals surface area contributed by atoms with Crippen LogP contribution in [0.3, 0.4) is 0 Å². The van der Waals surface area contributed by atoms with E-state index in [-0.39, 0.29) is 25.0 Å². The molecule has 10 heteroatoms. The van der Waals surface area contributed by atoms with Crippen molar-refractivity contribution in [3.8, 4) is 0 Å². The number of hydrogen-bond donors (Lipinski definition) is 3. The number of aliphatic hydroxyl groups is 1. The molecule has 2 saturated heterocycles. The number of hydroxylamine groups is 1. The van der Waals surface area contributed by atoms with Gasteiger partial charge in [-0.1, -0.05) is 18.2 Å². The van der Waals surface area contributed by atoms with E-state index < -0.39 is 29.9 Å². The largest absolute Gasteiger partial charge is 0.446 e. The Morgan fingerprint density at radius 1 is 0.971 bits per heavy atom. The van der Waals surface area contributed by atoms with Crippen molar-refractivity contribution in [3.05, 3.63) is 30.3 Å². The zero-order valence-electron chi connectivity index (χ0n) is 19.3. The van der Waals surface area contributed by atoms with Crippen LogP contribution in [0.1, 0.15) is 32.1 Å². The summed E-state index contributed by atoms with van der Waals surface area (Å²) in [6.45, 7) is 2.97. The van der Waals surface area contributed by atoms with E-state index >= 15 is 0 Å². The summed E-state index contributed by atoms with van der Waals surface area (Å²) < 4.78 is 5.65. The standard InChI is InChI=1S/C24H34N4O6/c29-16-18-7-4-10-28(18)24(32)34-19-8-9-20(21(15-19)22(30)25-33)23(31)27-13-11-26(12-14-27)17-5-2-1-3-6-17/h1-3,5-6,18-21,29,33H,4,7-16H2,(H,25,30)/t18-,19+,20-,21-/m0/s1. The van der Waals surface area contributed by atoms with Gasteiger partial charge in [0, 0.05) is 38.4 Å². The van der Waals surface area contributed by atoms with Gasteiger partial charge in [-0.25, -0.2) is 10.3 Å². The van der Waals surface area contributed by atoms with Gasteiger partial charge < -0.3 is 24.5 Å². The number of para-hydroxylation sites is 1. The highest BCUT2D eigenvalue weighted by Gasteiger charge is 2.43. The molecule has 0 unspecified atom stereocenters. The molecule has 3 aliphatic rings. The molecule has 3 N–H and O–H groups in total. The number of nitrogens with one attached hydrogen (secondary N) is 1. The van der Waals surface area contributed by atoms with Crippen LogP contribution >= 0.6 is 0 Å². The maximum Gasteiger partial charge on any atom is 0.410 e. The summed E-state index contributed by atoms with van der Waals surface area (Å²) in [5.41, 5.74) is 2.82. The minimum atomic E-state index is -0.775. The number of hydrogen-bond acceptors (Lipinski definition) is 7. The van der Waals surface area contributed by atoms with Crippen LogP contribution in [0.15, 0.2) is 30.3 Å². The lowest BCUT2D eigenvalue weighted by Gasteiger charge is -2.40. The summed E-state index contributed by atoms with van der Waals surface area (Å²) in [7, 11) is 0. The molecule has 0 radical (unpaired) electrons. The minimum absolute atomic E-state index is 0.0917. The van der Waals surface area contributed by atoms with E-state index in [4.69, 9.17) is 4.74 Å². The monoisotopic (exact) mass is 474 g/mol. The SMILES string of the molecule is O=C(NO)[C@H]1C[C@H](OC(=O)N2CCC[C@H]2CO)CC[C@@H]1C(=O)N1CCN(c2ccccc2)CC1. The fourth-order valence-corrected chi connectivity index (χ4v) is 5.44. The number of carbonyl (C=O) groups excluding carboxylic acids is 3. The molecule has 4 rings (SSSR count). The van der Waals surface area contributed by atoms with Gasteiger partial charge in [-0.2, -0.15) is 0 Å². The highest BCUT2D eigenvalue weighted by Crippen LogP contribution is 2.34. The van der Waals surface area contributed by atoms with E-state index in [1.807, 2.05) is 30.3 Å². The first-order valence-electron chi connectivity index (χ1n) is 12.1. The summed E-state index contributed by atoms with van der Waals surface area (Å²) >= 11 is 0. The second kappa shape index (κ2) is 11.1. The lowest BCUT2D eigenvalue weighted by molar-refractivity contribution is -0.149.